The van der Waals surface area contributed by atoms with Crippen molar-refractivity contribution >= 4 is 17.3 Å². The third-order valence-electron chi connectivity index (χ3n) is 3.56. The second kappa shape index (κ2) is 4.28. The molecule has 0 bridgehead atoms. The summed E-state index contributed by atoms with van der Waals surface area (Å²) < 4.78 is 5.28. The van der Waals surface area contributed by atoms with Crippen LogP contribution in [0.4, 0.5) is 11.4 Å². The highest BCUT2D eigenvalue weighted by atomic mass is 16.5. The summed E-state index contributed by atoms with van der Waals surface area (Å²) in [6, 6.07) is 5.83. The predicted molar refractivity (Wildman–Crippen MR) is 72.6 cm³/mol. The van der Waals surface area contributed by atoms with Gasteiger partial charge in [-0.05, 0) is 51.0 Å². The molecular weight excluding hydrogens is 228 g/mol. The van der Waals surface area contributed by atoms with Crippen LogP contribution in [-0.4, -0.2) is 24.7 Å². The van der Waals surface area contributed by atoms with Gasteiger partial charge in [0.2, 0.25) is 0 Å². The number of hydrogen-bond acceptors (Lipinski definition) is 3. The number of carbonyl (C=O) groups is 1. The summed E-state index contributed by atoms with van der Waals surface area (Å²) in [5.41, 5.74) is 7.79. The van der Waals surface area contributed by atoms with Crippen LogP contribution >= 0.6 is 0 Å². The molecular formula is C14H20N2O2. The molecule has 0 aliphatic carbocycles. The third kappa shape index (κ3) is 1.97. The van der Waals surface area contributed by atoms with Crippen molar-refractivity contribution in [3.05, 3.63) is 23.8 Å². The Morgan fingerprint density at radius 1 is 1.50 bits per heavy atom. The Bertz CT molecular complexity index is 483. The second-order valence-corrected chi connectivity index (χ2v) is 5.33. The molecule has 1 atom stereocenters. The van der Waals surface area contributed by atoms with Gasteiger partial charge in [-0.25, -0.2) is 0 Å². The van der Waals surface area contributed by atoms with E-state index in [4.69, 9.17) is 10.5 Å². The van der Waals surface area contributed by atoms with Gasteiger partial charge in [-0.3, -0.25) is 4.79 Å². The van der Waals surface area contributed by atoms with Gasteiger partial charge in [-0.15, -0.1) is 0 Å². The van der Waals surface area contributed by atoms with Crippen LogP contribution in [0.3, 0.4) is 0 Å². The van der Waals surface area contributed by atoms with Gasteiger partial charge in [0.05, 0.1) is 0 Å². The maximum absolute atomic E-state index is 12.5. The van der Waals surface area contributed by atoms with E-state index in [1.807, 2.05) is 30.0 Å². The Kier molecular flexibility index (Phi) is 3.07. The highest BCUT2D eigenvalue weighted by Crippen LogP contribution is 2.35. The van der Waals surface area contributed by atoms with Gasteiger partial charge in [0.15, 0.2) is 0 Å². The fourth-order valence-corrected chi connectivity index (χ4v) is 2.34. The monoisotopic (exact) mass is 248 g/mol. The van der Waals surface area contributed by atoms with Crippen LogP contribution in [0.2, 0.25) is 0 Å². The van der Waals surface area contributed by atoms with Crippen LogP contribution < -0.4 is 10.6 Å². The number of methoxy groups -OCH3 is 1. The smallest absolute Gasteiger partial charge is 0.258 e. The zero-order valence-electron chi connectivity index (χ0n) is 11.4. The quantitative estimate of drug-likeness (QED) is 0.814. The lowest BCUT2D eigenvalue weighted by molar-refractivity contribution is -0.136. The average Bonchev–Trinajstić information content (AvgIpc) is 2.63. The molecule has 1 amide bonds. The minimum absolute atomic E-state index is 0.0129. The first-order valence-corrected chi connectivity index (χ1v) is 6.14. The molecule has 1 aliphatic rings. The lowest BCUT2D eigenvalue weighted by atomic mass is 10.1. The summed E-state index contributed by atoms with van der Waals surface area (Å²) in [6.45, 7) is 5.62. The fourth-order valence-electron chi connectivity index (χ4n) is 2.34. The fraction of sp³-hybridized carbons (Fsp3) is 0.500. The molecule has 2 N–H and O–H groups in total. The number of amides is 1. The van der Waals surface area contributed by atoms with E-state index >= 15 is 0 Å². The van der Waals surface area contributed by atoms with Crippen molar-refractivity contribution < 1.29 is 9.53 Å². The van der Waals surface area contributed by atoms with E-state index in [2.05, 4.69) is 0 Å². The molecule has 0 radical (unpaired) electrons. The molecule has 2 rings (SSSR count). The van der Waals surface area contributed by atoms with Crippen molar-refractivity contribution in [2.75, 3.05) is 17.7 Å². The van der Waals surface area contributed by atoms with Crippen LogP contribution in [0, 0.1) is 0 Å². The van der Waals surface area contributed by atoms with E-state index in [9.17, 15) is 4.79 Å². The summed E-state index contributed by atoms with van der Waals surface area (Å²) in [5.74, 6) is -0.0129. The number of hydrogen-bond donors (Lipinski definition) is 1. The van der Waals surface area contributed by atoms with Crippen LogP contribution in [0.25, 0.3) is 0 Å². The Hall–Kier alpha value is -1.55. The molecule has 1 aliphatic heterocycles. The summed E-state index contributed by atoms with van der Waals surface area (Å²) in [6.07, 6.45) is 0.839. The molecule has 1 unspecified atom stereocenters. The predicted octanol–water partition coefficient (Wildman–Crippen LogP) is 1.97. The number of anilines is 2. The van der Waals surface area contributed by atoms with Crippen molar-refractivity contribution in [1.29, 1.82) is 0 Å². The normalized spacial score (nSPS) is 18.9. The highest BCUT2D eigenvalue weighted by Gasteiger charge is 2.39. The number of rotatable bonds is 2. The molecule has 1 heterocycles. The van der Waals surface area contributed by atoms with Crippen LogP contribution in [0.1, 0.15) is 26.3 Å². The number of nitrogens with two attached hydrogens (primary N) is 1. The first kappa shape index (κ1) is 12.9. The first-order chi connectivity index (χ1) is 8.36. The lowest BCUT2D eigenvalue weighted by Gasteiger charge is -2.31. The number of ether oxygens (including phenoxy) is 1. The molecule has 0 fully saturated rings. The van der Waals surface area contributed by atoms with E-state index in [0.29, 0.717) is 0 Å². The molecule has 4 heteroatoms. The van der Waals surface area contributed by atoms with Crippen molar-refractivity contribution in [1.82, 2.24) is 0 Å². The average molecular weight is 248 g/mol. The van der Waals surface area contributed by atoms with Gasteiger partial charge in [0.1, 0.15) is 5.60 Å². The molecule has 4 nitrogen and oxygen atoms in total. The first-order valence-electron chi connectivity index (χ1n) is 6.14. The SMILES string of the molecule is COC(C)(C)C(=O)N1c2ccc(N)cc2CC1C. The molecule has 1 aromatic carbocycles. The molecule has 0 saturated heterocycles. The highest BCUT2D eigenvalue weighted by molar-refractivity contribution is 6.01. The minimum Gasteiger partial charge on any atom is -0.399 e. The van der Waals surface area contributed by atoms with E-state index < -0.39 is 5.60 Å². The maximum atomic E-state index is 12.5. The minimum atomic E-state index is -0.808. The lowest BCUT2D eigenvalue weighted by Crippen LogP contribution is -2.48. The zero-order valence-corrected chi connectivity index (χ0v) is 11.4. The molecule has 1 aromatic rings. The van der Waals surface area contributed by atoms with E-state index in [-0.39, 0.29) is 11.9 Å². The molecule has 18 heavy (non-hydrogen) atoms. The Labute approximate surface area is 108 Å². The van der Waals surface area contributed by atoms with Crippen LogP contribution in [0.15, 0.2) is 18.2 Å². The van der Waals surface area contributed by atoms with Gasteiger partial charge in [0, 0.05) is 24.5 Å². The summed E-state index contributed by atoms with van der Waals surface area (Å²) in [4.78, 5) is 14.3. The second-order valence-electron chi connectivity index (χ2n) is 5.33. The molecule has 0 spiro atoms. The van der Waals surface area contributed by atoms with E-state index in [0.717, 1.165) is 23.4 Å². The Morgan fingerprint density at radius 2 is 2.17 bits per heavy atom. The maximum Gasteiger partial charge on any atom is 0.258 e. The Morgan fingerprint density at radius 3 is 2.78 bits per heavy atom. The van der Waals surface area contributed by atoms with Crippen molar-refractivity contribution in [2.45, 2.75) is 38.8 Å². The van der Waals surface area contributed by atoms with Crippen molar-refractivity contribution in [2.24, 2.45) is 0 Å². The Balaban J connectivity index is 2.39. The third-order valence-corrected chi connectivity index (χ3v) is 3.56. The topological polar surface area (TPSA) is 55.6 Å². The number of carbonyl (C=O) groups excluding carboxylic acids is 1. The number of nitrogens with zero attached hydrogens (tertiary/aromatic N) is 1. The van der Waals surface area contributed by atoms with Gasteiger partial charge < -0.3 is 15.4 Å². The number of fused-ring (bicyclic) bond motifs is 1. The summed E-state index contributed by atoms with van der Waals surface area (Å²) >= 11 is 0. The van der Waals surface area contributed by atoms with E-state index in [1.165, 1.54) is 0 Å². The molecule has 0 aromatic heterocycles. The largest absolute Gasteiger partial charge is 0.399 e. The van der Waals surface area contributed by atoms with Crippen LogP contribution in [0.5, 0.6) is 0 Å². The van der Waals surface area contributed by atoms with Gasteiger partial charge in [-0.1, -0.05) is 0 Å². The molecule has 98 valence electrons. The number of benzene rings is 1. The molecule has 0 saturated carbocycles. The number of nitrogen functional groups attached to an aromatic ring is 1. The zero-order chi connectivity index (χ0) is 13.5. The van der Waals surface area contributed by atoms with Gasteiger partial charge in [-0.2, -0.15) is 0 Å². The van der Waals surface area contributed by atoms with Crippen molar-refractivity contribution in [3.8, 4) is 0 Å². The van der Waals surface area contributed by atoms with E-state index in [1.54, 1.807) is 21.0 Å². The van der Waals surface area contributed by atoms with Crippen LogP contribution in [-0.2, 0) is 16.0 Å². The standard InChI is InChI=1S/C14H20N2O2/c1-9-7-10-8-11(15)5-6-12(10)16(9)13(17)14(2,3)18-4/h5-6,8-9H,7,15H2,1-4H3. The summed E-state index contributed by atoms with van der Waals surface area (Å²) in [5, 5.41) is 0. The van der Waals surface area contributed by atoms with Crippen molar-refractivity contribution in [3.63, 3.8) is 0 Å². The van der Waals surface area contributed by atoms with Gasteiger partial charge >= 0.3 is 0 Å². The van der Waals surface area contributed by atoms with Gasteiger partial charge in [0.25, 0.3) is 5.91 Å². The summed E-state index contributed by atoms with van der Waals surface area (Å²) in [7, 11) is 1.56.